The SMILES string of the molecule is Cc1ccccc1C(=O)c1cnc(NCCCN(C)S(=O)(=O)c2ccc(C(F)(F)F)cc2Cl)s1.O=S(=O)(Cl)c1ccc(C(F)(F)F)cc1Cl. The largest absolute Gasteiger partial charge is 0.416 e. The highest BCUT2D eigenvalue weighted by Crippen LogP contribution is 2.35. The number of nitrogens with zero attached hydrogens (tertiary/aromatic N) is 2. The summed E-state index contributed by atoms with van der Waals surface area (Å²) in [4.78, 5) is 16.4. The summed E-state index contributed by atoms with van der Waals surface area (Å²) < 4.78 is 123. The Hall–Kier alpha value is -2.93. The second kappa shape index (κ2) is 16.0. The molecule has 0 spiro atoms. The van der Waals surface area contributed by atoms with Crippen molar-refractivity contribution in [2.45, 2.75) is 35.5 Å². The lowest BCUT2D eigenvalue weighted by atomic mass is 10.0. The van der Waals surface area contributed by atoms with Crippen LogP contribution in [0.5, 0.6) is 0 Å². The van der Waals surface area contributed by atoms with E-state index in [9.17, 15) is 48.0 Å². The molecule has 0 aliphatic carbocycles. The van der Waals surface area contributed by atoms with Gasteiger partial charge in [-0.05, 0) is 55.3 Å². The van der Waals surface area contributed by atoms with Crippen molar-refractivity contribution in [3.63, 3.8) is 0 Å². The molecule has 1 aromatic heterocycles. The Labute approximate surface area is 296 Å². The van der Waals surface area contributed by atoms with Crippen molar-refractivity contribution >= 4 is 75.2 Å². The van der Waals surface area contributed by atoms with Gasteiger partial charge in [0, 0.05) is 36.4 Å². The summed E-state index contributed by atoms with van der Waals surface area (Å²) in [7, 11) is -1.93. The van der Waals surface area contributed by atoms with Gasteiger partial charge in [0.25, 0.3) is 9.05 Å². The van der Waals surface area contributed by atoms with Gasteiger partial charge in [0.1, 0.15) is 9.79 Å². The Morgan fingerprint density at radius 1 is 0.878 bits per heavy atom. The molecule has 4 aromatic rings. The fourth-order valence-corrected chi connectivity index (χ4v) is 8.02. The summed E-state index contributed by atoms with van der Waals surface area (Å²) in [5.74, 6) is -0.122. The maximum atomic E-state index is 12.8. The molecule has 0 atom stereocenters. The van der Waals surface area contributed by atoms with E-state index in [1.165, 1.54) is 24.6 Å². The predicted octanol–water partition coefficient (Wildman–Crippen LogP) is 8.76. The molecule has 1 heterocycles. The molecule has 0 saturated carbocycles. The minimum absolute atomic E-state index is 0.0903. The van der Waals surface area contributed by atoms with Gasteiger partial charge in [0.15, 0.2) is 5.13 Å². The van der Waals surface area contributed by atoms with Crippen molar-refractivity contribution in [2.24, 2.45) is 0 Å². The van der Waals surface area contributed by atoms with E-state index in [4.69, 9.17) is 33.9 Å². The van der Waals surface area contributed by atoms with Gasteiger partial charge in [-0.1, -0.05) is 58.8 Å². The Bertz CT molecular complexity index is 2040. The molecule has 0 radical (unpaired) electrons. The van der Waals surface area contributed by atoms with E-state index < -0.39 is 62.4 Å². The van der Waals surface area contributed by atoms with E-state index in [-0.39, 0.29) is 12.3 Å². The molecule has 49 heavy (non-hydrogen) atoms. The van der Waals surface area contributed by atoms with Gasteiger partial charge in [-0.25, -0.2) is 26.1 Å². The van der Waals surface area contributed by atoms with Crippen LogP contribution in [0.4, 0.5) is 31.5 Å². The zero-order valence-electron chi connectivity index (χ0n) is 25.0. The van der Waals surface area contributed by atoms with Crippen LogP contribution < -0.4 is 5.32 Å². The summed E-state index contributed by atoms with van der Waals surface area (Å²) in [6.07, 6.45) is -7.32. The third-order valence-corrected chi connectivity index (χ3v) is 11.6. The lowest BCUT2D eigenvalue weighted by Gasteiger charge is -2.18. The first-order valence-electron chi connectivity index (χ1n) is 13.5. The monoisotopic (exact) mass is 809 g/mol. The molecule has 0 aliphatic heterocycles. The molecule has 1 N–H and O–H groups in total. The highest BCUT2D eigenvalue weighted by Gasteiger charge is 2.33. The third kappa shape index (κ3) is 10.8. The summed E-state index contributed by atoms with van der Waals surface area (Å²) in [6.45, 7) is 2.31. The van der Waals surface area contributed by atoms with Crippen LogP contribution in [0.25, 0.3) is 0 Å². The number of halogens is 9. The number of carbonyl (C=O) groups is 1. The molecule has 0 unspecified atom stereocenters. The van der Waals surface area contributed by atoms with Crippen molar-refractivity contribution in [3.8, 4) is 0 Å². The first-order chi connectivity index (χ1) is 22.5. The van der Waals surface area contributed by atoms with Gasteiger partial charge in [-0.3, -0.25) is 4.79 Å². The van der Waals surface area contributed by atoms with E-state index in [1.807, 2.05) is 19.1 Å². The van der Waals surface area contributed by atoms with Gasteiger partial charge >= 0.3 is 12.4 Å². The Balaban J connectivity index is 0.000000362. The highest BCUT2D eigenvalue weighted by molar-refractivity contribution is 8.13. The number of rotatable bonds is 10. The van der Waals surface area contributed by atoms with Gasteiger partial charge in [-0.2, -0.15) is 26.3 Å². The van der Waals surface area contributed by atoms with E-state index >= 15 is 0 Å². The predicted molar refractivity (Wildman–Crippen MR) is 176 cm³/mol. The molecular formula is C29H24Cl3F6N3O5S3. The lowest BCUT2D eigenvalue weighted by molar-refractivity contribution is -0.138. The highest BCUT2D eigenvalue weighted by atomic mass is 35.7. The Morgan fingerprint density at radius 3 is 1.90 bits per heavy atom. The Kier molecular flexibility index (Phi) is 13.2. The third-order valence-electron chi connectivity index (χ3n) is 6.51. The van der Waals surface area contributed by atoms with Crippen molar-refractivity contribution in [1.29, 1.82) is 0 Å². The first kappa shape index (κ1) is 40.5. The zero-order chi connectivity index (χ0) is 36.9. The average molecular weight is 811 g/mol. The molecular weight excluding hydrogens is 787 g/mol. The number of nitrogens with one attached hydrogen (secondary N) is 1. The zero-order valence-corrected chi connectivity index (χ0v) is 29.8. The van der Waals surface area contributed by atoms with Crippen LogP contribution in [0, 0.1) is 6.92 Å². The van der Waals surface area contributed by atoms with Gasteiger partial charge in [-0.15, -0.1) is 0 Å². The van der Waals surface area contributed by atoms with Crippen LogP contribution in [0.2, 0.25) is 10.0 Å². The van der Waals surface area contributed by atoms with Crippen LogP contribution in [0.3, 0.4) is 0 Å². The number of carbonyl (C=O) groups excluding carboxylic acids is 1. The fraction of sp³-hybridized carbons (Fsp3) is 0.241. The van der Waals surface area contributed by atoms with E-state index in [0.29, 0.717) is 58.9 Å². The molecule has 20 heteroatoms. The van der Waals surface area contributed by atoms with E-state index in [2.05, 4.69) is 10.3 Å². The quantitative estimate of drug-likeness (QED) is 0.0738. The van der Waals surface area contributed by atoms with E-state index in [1.54, 1.807) is 12.1 Å². The van der Waals surface area contributed by atoms with Crippen molar-refractivity contribution in [3.05, 3.63) is 104 Å². The number of aryl methyl sites for hydroxylation is 1. The molecule has 4 rings (SSSR count). The van der Waals surface area contributed by atoms with Gasteiger partial charge in [0.2, 0.25) is 15.8 Å². The number of alkyl halides is 6. The van der Waals surface area contributed by atoms with Crippen molar-refractivity contribution in [2.75, 3.05) is 25.5 Å². The smallest absolute Gasteiger partial charge is 0.361 e. The summed E-state index contributed by atoms with van der Waals surface area (Å²) in [5.41, 5.74) is -0.581. The Morgan fingerprint density at radius 2 is 1.41 bits per heavy atom. The number of aromatic nitrogens is 1. The minimum Gasteiger partial charge on any atom is -0.361 e. The van der Waals surface area contributed by atoms with Gasteiger partial charge < -0.3 is 5.32 Å². The van der Waals surface area contributed by atoms with E-state index in [0.717, 1.165) is 15.9 Å². The maximum Gasteiger partial charge on any atom is 0.416 e. The standard InChI is InChI=1S/C22H21ClF3N3O3S2.C7H3Cl2F3O2S/c1-14-6-3-4-7-16(14)20(30)18-13-28-21(33-18)27-10-5-11-29(2)34(31,32)19-9-8-15(12-17(19)23)22(24,25)26;8-5-3-4(7(10,11)12)1-2-6(5)15(9,13)14/h3-4,6-9,12-13H,5,10-11H2,1-2H3,(H,27,28);1-3H. The van der Waals surface area contributed by atoms with Crippen molar-refractivity contribution < 1.29 is 48.0 Å². The number of anilines is 1. The fourth-order valence-electron chi connectivity index (χ4n) is 3.97. The molecule has 0 fully saturated rings. The molecule has 8 nitrogen and oxygen atoms in total. The summed E-state index contributed by atoms with van der Waals surface area (Å²) in [6, 6.07) is 11.2. The van der Waals surface area contributed by atoms with Crippen molar-refractivity contribution in [1.82, 2.24) is 9.29 Å². The molecule has 0 aliphatic rings. The van der Waals surface area contributed by atoms with Crippen LogP contribution in [-0.4, -0.2) is 52.0 Å². The normalized spacial score (nSPS) is 12.4. The molecule has 0 amide bonds. The number of sulfonamides is 1. The lowest BCUT2D eigenvalue weighted by Crippen LogP contribution is -2.29. The average Bonchev–Trinajstić information content (AvgIpc) is 3.46. The number of ketones is 1. The molecule has 0 saturated heterocycles. The van der Waals surface area contributed by atoms with Gasteiger partial charge in [0.05, 0.1) is 32.2 Å². The van der Waals surface area contributed by atoms with Crippen LogP contribution in [0.1, 0.15) is 38.3 Å². The number of hydrogen-bond acceptors (Lipinski definition) is 8. The summed E-state index contributed by atoms with van der Waals surface area (Å²) in [5, 5.41) is 2.52. The minimum atomic E-state index is -4.62. The van der Waals surface area contributed by atoms with Crippen LogP contribution in [-0.2, 0) is 31.4 Å². The van der Waals surface area contributed by atoms with Crippen LogP contribution >= 0.6 is 45.2 Å². The maximum absolute atomic E-state index is 12.8. The molecule has 3 aromatic carbocycles. The number of thiazole rings is 1. The topological polar surface area (TPSA) is 114 Å². The first-order valence-corrected chi connectivity index (χ1v) is 18.8. The molecule has 266 valence electrons. The van der Waals surface area contributed by atoms with Crippen LogP contribution in [0.15, 0.2) is 76.7 Å². The second-order valence-electron chi connectivity index (χ2n) is 10.0. The number of benzene rings is 3. The summed E-state index contributed by atoms with van der Waals surface area (Å²) >= 11 is 12.4. The number of hydrogen-bond donors (Lipinski definition) is 1. The second-order valence-corrected chi connectivity index (χ2v) is 16.4. The molecule has 0 bridgehead atoms.